The summed E-state index contributed by atoms with van der Waals surface area (Å²) in [6.45, 7) is 8.66. The average molecular weight is 544 g/mol. The molecule has 1 aliphatic rings. The number of guanidine groups is 1. The lowest BCUT2D eigenvalue weighted by molar-refractivity contribution is 0.245. The maximum Gasteiger partial charge on any atom is 0.194 e. The van der Waals surface area contributed by atoms with Gasteiger partial charge in [0, 0.05) is 24.5 Å². The number of ether oxygens (including phenoxy) is 1. The number of nitrogens with one attached hydrogen (secondary N) is 1. The van der Waals surface area contributed by atoms with Gasteiger partial charge in [0.25, 0.3) is 0 Å². The lowest BCUT2D eigenvalue weighted by Crippen LogP contribution is -2.39. The van der Waals surface area contributed by atoms with Gasteiger partial charge in [-0.05, 0) is 45.8 Å². The lowest BCUT2D eigenvalue weighted by atomic mass is 10.0. The maximum atomic E-state index is 5.66. The Morgan fingerprint density at radius 2 is 2.07 bits per heavy atom. The molecule has 0 saturated carbocycles. The molecule has 0 bridgehead atoms. The minimum absolute atomic E-state index is 0. The minimum Gasteiger partial charge on any atom is -0.496 e. The average Bonchev–Trinajstić information content (AvgIpc) is 3.39. The molecule has 166 valence electrons. The van der Waals surface area contributed by atoms with Gasteiger partial charge in [0.05, 0.1) is 36.9 Å². The number of nitrogens with zero attached hydrogens (tertiary/aromatic N) is 4. The van der Waals surface area contributed by atoms with E-state index in [4.69, 9.17) is 9.73 Å². The van der Waals surface area contributed by atoms with Crippen LogP contribution in [0.5, 0.6) is 5.75 Å². The first-order valence-corrected chi connectivity index (χ1v) is 11.3. The molecular weight excluding hydrogens is 509 g/mol. The molecular formula is C22H34IN5OS. The molecule has 0 spiro atoms. The van der Waals surface area contributed by atoms with E-state index < -0.39 is 0 Å². The number of likely N-dealkylation sites (tertiary alicyclic amines) is 1. The summed E-state index contributed by atoms with van der Waals surface area (Å²) in [6, 6.07) is 8.56. The van der Waals surface area contributed by atoms with Crippen molar-refractivity contribution in [3.05, 3.63) is 45.9 Å². The normalized spacial score (nSPS) is 15.5. The molecule has 0 radical (unpaired) electrons. The van der Waals surface area contributed by atoms with Gasteiger partial charge in [-0.2, -0.15) is 0 Å². The van der Waals surface area contributed by atoms with Gasteiger partial charge in [0.1, 0.15) is 5.75 Å². The molecule has 8 heteroatoms. The van der Waals surface area contributed by atoms with Crippen LogP contribution in [0.25, 0.3) is 0 Å². The molecule has 0 aliphatic carbocycles. The van der Waals surface area contributed by atoms with E-state index in [2.05, 4.69) is 51.6 Å². The third-order valence-corrected chi connectivity index (χ3v) is 6.08. The molecule has 6 nitrogen and oxygen atoms in total. The van der Waals surface area contributed by atoms with Crippen molar-refractivity contribution in [2.24, 2.45) is 4.99 Å². The standard InChI is InChI=1S/C22H33N5OS.HI/c1-5-23-22(26(3)15-18-16-29-17(2)25-18)24-14-20(27-12-8-9-13-27)19-10-6-7-11-21(19)28-4;/h6-7,10-11,16,20H,5,8-9,12-15H2,1-4H3,(H,23,24);1H. The second-order valence-electron chi connectivity index (χ2n) is 7.41. The summed E-state index contributed by atoms with van der Waals surface area (Å²) in [5, 5.41) is 6.66. The molecule has 1 aromatic carbocycles. The second kappa shape index (κ2) is 12.5. The van der Waals surface area contributed by atoms with Gasteiger partial charge in [-0.15, -0.1) is 35.3 Å². The Labute approximate surface area is 201 Å². The van der Waals surface area contributed by atoms with Crippen LogP contribution in [0.1, 0.15) is 42.1 Å². The summed E-state index contributed by atoms with van der Waals surface area (Å²) in [4.78, 5) is 14.3. The largest absolute Gasteiger partial charge is 0.496 e. The van der Waals surface area contributed by atoms with Crippen LogP contribution in [0.2, 0.25) is 0 Å². The predicted molar refractivity (Wildman–Crippen MR) is 136 cm³/mol. The highest BCUT2D eigenvalue weighted by Crippen LogP contribution is 2.32. The van der Waals surface area contributed by atoms with E-state index in [0.717, 1.165) is 48.6 Å². The zero-order valence-electron chi connectivity index (χ0n) is 18.4. The molecule has 1 aromatic heterocycles. The first-order valence-electron chi connectivity index (χ1n) is 10.4. The molecule has 1 fully saturated rings. The van der Waals surface area contributed by atoms with Crippen molar-refractivity contribution in [2.45, 2.75) is 39.3 Å². The van der Waals surface area contributed by atoms with Gasteiger partial charge < -0.3 is 15.0 Å². The van der Waals surface area contributed by atoms with Crippen molar-refractivity contribution in [3.63, 3.8) is 0 Å². The molecule has 1 unspecified atom stereocenters. The van der Waals surface area contributed by atoms with Crippen molar-refractivity contribution in [2.75, 3.05) is 40.3 Å². The van der Waals surface area contributed by atoms with Crippen LogP contribution in [-0.4, -0.2) is 61.1 Å². The van der Waals surface area contributed by atoms with Gasteiger partial charge in [-0.3, -0.25) is 9.89 Å². The minimum atomic E-state index is 0. The molecule has 0 amide bonds. The van der Waals surface area contributed by atoms with E-state index in [0.29, 0.717) is 6.54 Å². The second-order valence-corrected chi connectivity index (χ2v) is 8.47. The zero-order chi connectivity index (χ0) is 20.6. The predicted octanol–water partition coefficient (Wildman–Crippen LogP) is 4.31. The Bertz CT molecular complexity index is 806. The quantitative estimate of drug-likeness (QED) is 0.306. The summed E-state index contributed by atoms with van der Waals surface area (Å²) < 4.78 is 5.66. The smallest absolute Gasteiger partial charge is 0.194 e. The van der Waals surface area contributed by atoms with Crippen LogP contribution in [0.3, 0.4) is 0 Å². The fraction of sp³-hybridized carbons (Fsp3) is 0.545. The van der Waals surface area contributed by atoms with Crippen molar-refractivity contribution < 1.29 is 4.74 Å². The van der Waals surface area contributed by atoms with Gasteiger partial charge in [-0.25, -0.2) is 4.98 Å². The summed E-state index contributed by atoms with van der Waals surface area (Å²) in [5.74, 6) is 1.85. The number of para-hydroxylation sites is 1. The number of methoxy groups -OCH3 is 1. The fourth-order valence-corrected chi connectivity index (χ4v) is 4.45. The number of aromatic nitrogens is 1. The Balaban J connectivity index is 0.00000320. The molecule has 1 atom stereocenters. The Kier molecular flexibility index (Phi) is 10.3. The van der Waals surface area contributed by atoms with Crippen molar-refractivity contribution in [1.82, 2.24) is 20.1 Å². The van der Waals surface area contributed by atoms with Crippen LogP contribution in [0, 0.1) is 6.92 Å². The third-order valence-electron chi connectivity index (χ3n) is 5.26. The monoisotopic (exact) mass is 543 g/mol. The number of aryl methyl sites for hydroxylation is 1. The SMILES string of the molecule is CCNC(=NCC(c1ccccc1OC)N1CCCC1)N(C)Cc1csc(C)n1.I. The van der Waals surface area contributed by atoms with Crippen LogP contribution in [0.4, 0.5) is 0 Å². The van der Waals surface area contributed by atoms with Gasteiger partial charge >= 0.3 is 0 Å². The zero-order valence-corrected chi connectivity index (χ0v) is 21.6. The van der Waals surface area contributed by atoms with Gasteiger partial charge in [0.15, 0.2) is 5.96 Å². The molecule has 2 heterocycles. The van der Waals surface area contributed by atoms with E-state index in [9.17, 15) is 0 Å². The van der Waals surface area contributed by atoms with Crippen LogP contribution in [0.15, 0.2) is 34.6 Å². The Morgan fingerprint density at radius 1 is 1.33 bits per heavy atom. The number of aliphatic imine (C=N–C) groups is 1. The van der Waals surface area contributed by atoms with E-state index in [1.165, 1.54) is 18.4 Å². The number of benzene rings is 1. The van der Waals surface area contributed by atoms with E-state index >= 15 is 0 Å². The van der Waals surface area contributed by atoms with Crippen LogP contribution >= 0.6 is 35.3 Å². The molecule has 2 aromatic rings. The highest BCUT2D eigenvalue weighted by molar-refractivity contribution is 14.0. The topological polar surface area (TPSA) is 53.0 Å². The molecule has 1 saturated heterocycles. The van der Waals surface area contributed by atoms with Crippen LogP contribution in [-0.2, 0) is 6.54 Å². The van der Waals surface area contributed by atoms with Crippen molar-refractivity contribution in [3.8, 4) is 5.75 Å². The highest BCUT2D eigenvalue weighted by atomic mass is 127. The number of hydrogen-bond acceptors (Lipinski definition) is 5. The third kappa shape index (κ3) is 6.55. The van der Waals surface area contributed by atoms with Crippen molar-refractivity contribution >= 4 is 41.3 Å². The highest BCUT2D eigenvalue weighted by Gasteiger charge is 2.26. The molecule has 1 N–H and O–H groups in total. The Morgan fingerprint density at radius 3 is 2.70 bits per heavy atom. The summed E-state index contributed by atoms with van der Waals surface area (Å²) in [6.07, 6.45) is 2.50. The van der Waals surface area contributed by atoms with Gasteiger partial charge in [-0.1, -0.05) is 18.2 Å². The summed E-state index contributed by atoms with van der Waals surface area (Å²) in [5.41, 5.74) is 2.30. The molecule has 3 rings (SSSR count). The number of halogens is 1. The summed E-state index contributed by atoms with van der Waals surface area (Å²) >= 11 is 1.69. The maximum absolute atomic E-state index is 5.66. The first kappa shape index (κ1) is 24.9. The molecule has 1 aliphatic heterocycles. The number of rotatable bonds is 8. The lowest BCUT2D eigenvalue weighted by Gasteiger charge is -2.29. The van der Waals surface area contributed by atoms with Crippen LogP contribution < -0.4 is 10.1 Å². The van der Waals surface area contributed by atoms with E-state index in [1.54, 1.807) is 18.4 Å². The fourth-order valence-electron chi connectivity index (χ4n) is 3.85. The molecule has 30 heavy (non-hydrogen) atoms. The summed E-state index contributed by atoms with van der Waals surface area (Å²) in [7, 11) is 3.82. The first-order chi connectivity index (χ1) is 14.1. The van der Waals surface area contributed by atoms with Gasteiger partial charge in [0.2, 0.25) is 0 Å². The Hall–Kier alpha value is -1.39. The number of hydrogen-bond donors (Lipinski definition) is 1. The van der Waals surface area contributed by atoms with E-state index in [-0.39, 0.29) is 30.0 Å². The van der Waals surface area contributed by atoms with E-state index in [1.807, 2.05) is 19.1 Å². The van der Waals surface area contributed by atoms with Crippen molar-refractivity contribution in [1.29, 1.82) is 0 Å². The number of thiazole rings is 1.